The minimum absolute atomic E-state index is 0.0643. The van der Waals surface area contributed by atoms with Crippen molar-refractivity contribution < 1.29 is 19.1 Å². The van der Waals surface area contributed by atoms with Crippen molar-refractivity contribution in [3.8, 4) is 5.75 Å². The number of hydrogen-bond acceptors (Lipinski definition) is 6. The number of aliphatic hydroxyl groups excluding tert-OH is 1. The molecule has 3 aromatic rings. The lowest BCUT2D eigenvalue weighted by Crippen LogP contribution is -2.53. The Labute approximate surface area is 198 Å². The van der Waals surface area contributed by atoms with Gasteiger partial charge in [0.2, 0.25) is 0 Å². The molecule has 5 rings (SSSR count). The van der Waals surface area contributed by atoms with Gasteiger partial charge < -0.3 is 19.2 Å². The maximum Gasteiger partial charge on any atom is 0.289 e. The minimum atomic E-state index is -0.573. The number of hydrogen-bond donors (Lipinski definition) is 1. The summed E-state index contributed by atoms with van der Waals surface area (Å²) in [5.74, 6) is 0.675. The van der Waals surface area contributed by atoms with E-state index in [-0.39, 0.29) is 17.7 Å². The molecule has 0 aliphatic carbocycles. The Morgan fingerprint density at radius 2 is 1.88 bits per heavy atom. The highest BCUT2D eigenvalue weighted by atomic mass is 35.5. The molecule has 2 aliphatic heterocycles. The Morgan fingerprint density at radius 1 is 1.12 bits per heavy atom. The van der Waals surface area contributed by atoms with Gasteiger partial charge in [-0.1, -0.05) is 35.9 Å². The monoisotopic (exact) mass is 469 g/mol. The first kappa shape index (κ1) is 22.2. The average molecular weight is 470 g/mol. The van der Waals surface area contributed by atoms with Crippen molar-refractivity contribution in [3.63, 3.8) is 0 Å². The lowest BCUT2D eigenvalue weighted by molar-refractivity contribution is 0.0423. The van der Waals surface area contributed by atoms with Crippen molar-refractivity contribution >= 4 is 28.5 Å². The van der Waals surface area contributed by atoms with E-state index in [2.05, 4.69) is 21.9 Å². The van der Waals surface area contributed by atoms with Crippen molar-refractivity contribution in [2.45, 2.75) is 18.7 Å². The van der Waals surface area contributed by atoms with Crippen LogP contribution in [0.25, 0.3) is 11.0 Å². The third-order valence-corrected chi connectivity index (χ3v) is 6.93. The number of furan rings is 1. The number of benzene rings is 2. The highest BCUT2D eigenvalue weighted by Crippen LogP contribution is 2.30. The van der Waals surface area contributed by atoms with Crippen molar-refractivity contribution in [3.05, 3.63) is 64.9 Å². The van der Waals surface area contributed by atoms with Crippen LogP contribution in [0.4, 0.5) is 0 Å². The number of carbonyl (C=O) groups is 1. The molecular weight excluding hydrogens is 442 g/mol. The van der Waals surface area contributed by atoms with Gasteiger partial charge in [0, 0.05) is 56.2 Å². The predicted molar refractivity (Wildman–Crippen MR) is 127 cm³/mol. The van der Waals surface area contributed by atoms with Crippen LogP contribution in [0.2, 0.25) is 5.02 Å². The van der Waals surface area contributed by atoms with Crippen LogP contribution in [-0.2, 0) is 6.54 Å². The van der Waals surface area contributed by atoms with Crippen LogP contribution < -0.4 is 4.74 Å². The van der Waals surface area contributed by atoms with E-state index in [4.69, 9.17) is 20.8 Å². The summed E-state index contributed by atoms with van der Waals surface area (Å²) in [6.07, 6.45) is -0.573. The molecule has 8 heteroatoms. The Morgan fingerprint density at radius 3 is 2.61 bits per heavy atom. The van der Waals surface area contributed by atoms with Gasteiger partial charge in [0.1, 0.15) is 0 Å². The molecule has 0 bridgehead atoms. The van der Waals surface area contributed by atoms with Crippen molar-refractivity contribution in [1.82, 2.24) is 14.7 Å². The second-order valence-electron chi connectivity index (χ2n) is 8.77. The molecule has 33 heavy (non-hydrogen) atoms. The molecule has 0 spiro atoms. The fraction of sp³-hybridized carbons (Fsp3) is 0.400. The topological polar surface area (TPSA) is 69.4 Å². The van der Waals surface area contributed by atoms with E-state index in [9.17, 15) is 9.90 Å². The molecular formula is C25H28ClN3O4. The molecule has 2 unspecified atom stereocenters. The summed E-state index contributed by atoms with van der Waals surface area (Å²) in [6, 6.07) is 15.2. The largest absolute Gasteiger partial charge is 0.493 e. The van der Waals surface area contributed by atoms with E-state index in [1.54, 1.807) is 18.1 Å². The van der Waals surface area contributed by atoms with Gasteiger partial charge in [-0.15, -0.1) is 0 Å². The first-order valence-corrected chi connectivity index (χ1v) is 11.6. The molecule has 174 valence electrons. The van der Waals surface area contributed by atoms with Crippen LogP contribution >= 0.6 is 11.6 Å². The van der Waals surface area contributed by atoms with Gasteiger partial charge in [-0.3, -0.25) is 14.6 Å². The highest BCUT2D eigenvalue weighted by Gasteiger charge is 2.39. The molecule has 2 fully saturated rings. The molecule has 3 heterocycles. The minimum Gasteiger partial charge on any atom is -0.493 e. The van der Waals surface area contributed by atoms with E-state index in [0.29, 0.717) is 24.4 Å². The van der Waals surface area contributed by atoms with E-state index in [1.807, 2.05) is 30.3 Å². The predicted octanol–water partition coefficient (Wildman–Crippen LogP) is 3.10. The Hall–Kier alpha value is -2.58. The van der Waals surface area contributed by atoms with Crippen molar-refractivity contribution in [2.24, 2.45) is 0 Å². The fourth-order valence-electron chi connectivity index (χ4n) is 4.85. The Balaban J connectivity index is 1.20. The number of fused-ring (bicyclic) bond motifs is 1. The second kappa shape index (κ2) is 9.35. The van der Waals surface area contributed by atoms with Gasteiger partial charge in [-0.25, -0.2) is 0 Å². The number of likely N-dealkylation sites (tertiary alicyclic amines) is 1. The number of carbonyl (C=O) groups excluding carboxylic acids is 1. The summed E-state index contributed by atoms with van der Waals surface area (Å²) in [7, 11) is 1.58. The molecule has 0 radical (unpaired) electrons. The number of nitrogens with zero attached hydrogens (tertiary/aromatic N) is 3. The molecule has 2 saturated heterocycles. The number of piperazine rings is 1. The zero-order valence-corrected chi connectivity index (χ0v) is 19.4. The molecule has 1 aromatic heterocycles. The summed E-state index contributed by atoms with van der Waals surface area (Å²) >= 11 is 5.98. The first-order valence-electron chi connectivity index (χ1n) is 11.3. The molecule has 7 nitrogen and oxygen atoms in total. The van der Waals surface area contributed by atoms with Crippen LogP contribution in [0.3, 0.4) is 0 Å². The van der Waals surface area contributed by atoms with Gasteiger partial charge in [0.25, 0.3) is 5.91 Å². The molecule has 0 saturated carbocycles. The molecule has 2 aliphatic rings. The van der Waals surface area contributed by atoms with Crippen LogP contribution in [0.15, 0.2) is 52.9 Å². The summed E-state index contributed by atoms with van der Waals surface area (Å²) < 4.78 is 11.2. The van der Waals surface area contributed by atoms with Gasteiger partial charge >= 0.3 is 0 Å². The lowest BCUT2D eigenvalue weighted by atomic mass is 10.1. The number of rotatable bonds is 5. The van der Waals surface area contributed by atoms with Crippen LogP contribution in [-0.4, -0.2) is 84.2 Å². The van der Waals surface area contributed by atoms with Crippen LogP contribution in [0.1, 0.15) is 16.1 Å². The van der Waals surface area contributed by atoms with Crippen molar-refractivity contribution in [1.29, 1.82) is 0 Å². The molecule has 2 aromatic carbocycles. The molecule has 1 N–H and O–H groups in total. The van der Waals surface area contributed by atoms with Gasteiger partial charge in [-0.2, -0.15) is 0 Å². The summed E-state index contributed by atoms with van der Waals surface area (Å²) in [5.41, 5.74) is 1.81. The van der Waals surface area contributed by atoms with Crippen LogP contribution in [0, 0.1) is 0 Å². The number of methoxy groups -OCH3 is 1. The van der Waals surface area contributed by atoms with Gasteiger partial charge in [0.15, 0.2) is 17.1 Å². The van der Waals surface area contributed by atoms with E-state index in [1.165, 1.54) is 5.56 Å². The standard InChI is InChI=1S/C25H28ClN3O4/c1-32-22-4-2-3-18-13-23(33-24(18)22)25(31)29-15-20(21(30)16-29)28-11-9-27(10-12-28)14-17-5-7-19(26)8-6-17/h2-8,13,20-21,30H,9-12,14-16H2,1H3. The Bertz CT molecular complexity index is 1120. The second-order valence-corrected chi connectivity index (χ2v) is 9.21. The fourth-order valence-corrected chi connectivity index (χ4v) is 4.98. The van der Waals surface area contributed by atoms with Crippen LogP contribution in [0.5, 0.6) is 5.75 Å². The number of ether oxygens (including phenoxy) is 1. The molecule has 2 atom stereocenters. The average Bonchev–Trinajstić information content (AvgIpc) is 3.44. The van der Waals surface area contributed by atoms with Gasteiger partial charge in [0.05, 0.1) is 19.3 Å². The highest BCUT2D eigenvalue weighted by molar-refractivity contribution is 6.30. The summed E-state index contributed by atoms with van der Waals surface area (Å²) in [5, 5.41) is 12.3. The Kier molecular flexibility index (Phi) is 6.29. The van der Waals surface area contributed by atoms with Gasteiger partial charge in [-0.05, 0) is 29.8 Å². The zero-order chi connectivity index (χ0) is 22.9. The maximum atomic E-state index is 13.1. The molecule has 1 amide bonds. The van der Waals surface area contributed by atoms with E-state index < -0.39 is 6.10 Å². The summed E-state index contributed by atoms with van der Waals surface area (Å²) in [4.78, 5) is 19.5. The maximum absolute atomic E-state index is 13.1. The van der Waals surface area contributed by atoms with E-state index in [0.717, 1.165) is 43.1 Å². The number of para-hydroxylation sites is 1. The zero-order valence-electron chi connectivity index (χ0n) is 18.6. The number of halogens is 1. The third kappa shape index (κ3) is 4.59. The number of β-amino-alcohol motifs (C(OH)–C–C–N with tert-alkyl or cyclic N) is 1. The quantitative estimate of drug-likeness (QED) is 0.619. The smallest absolute Gasteiger partial charge is 0.289 e. The summed E-state index contributed by atoms with van der Waals surface area (Å²) in [6.45, 7) is 5.25. The van der Waals surface area contributed by atoms with Crippen molar-refractivity contribution in [2.75, 3.05) is 46.4 Å². The normalized spacial score (nSPS) is 22.2. The third-order valence-electron chi connectivity index (χ3n) is 6.68. The lowest BCUT2D eigenvalue weighted by Gasteiger charge is -2.38. The first-order chi connectivity index (χ1) is 16.0. The number of amides is 1. The SMILES string of the molecule is COc1cccc2cc(C(=O)N3CC(O)C(N4CCN(Cc5ccc(Cl)cc5)CC4)C3)oc12. The number of aliphatic hydroxyl groups is 1. The van der Waals surface area contributed by atoms with E-state index >= 15 is 0 Å².